The molecule has 0 radical (unpaired) electrons. The summed E-state index contributed by atoms with van der Waals surface area (Å²) in [6.45, 7) is 0. The van der Waals surface area contributed by atoms with Crippen molar-refractivity contribution in [1.82, 2.24) is 19.5 Å². The number of aromatic nitrogens is 4. The number of hydrogen-bond donors (Lipinski definition) is 1. The van der Waals surface area contributed by atoms with E-state index >= 15 is 0 Å². The lowest BCUT2D eigenvalue weighted by Crippen LogP contribution is -2.22. The first-order valence-corrected chi connectivity index (χ1v) is 4.16. The van der Waals surface area contributed by atoms with Gasteiger partial charge in [-0.05, 0) is 0 Å². The van der Waals surface area contributed by atoms with Crippen molar-refractivity contribution in [3.05, 3.63) is 16.6 Å². The standard InChI is InChI=1S/C8H9N5O2/c1-13-7(14)5-6(12-8(13)9)10-3-4(11-5)15-2/h3H,1-2H3,(H2,9,10,12). The van der Waals surface area contributed by atoms with Crippen LogP contribution in [0.25, 0.3) is 11.2 Å². The van der Waals surface area contributed by atoms with E-state index in [9.17, 15) is 4.79 Å². The van der Waals surface area contributed by atoms with Crippen molar-refractivity contribution in [2.45, 2.75) is 0 Å². The van der Waals surface area contributed by atoms with Crippen LogP contribution in [0.4, 0.5) is 5.95 Å². The van der Waals surface area contributed by atoms with Gasteiger partial charge in [0.1, 0.15) is 0 Å². The van der Waals surface area contributed by atoms with E-state index in [2.05, 4.69) is 15.0 Å². The Hall–Kier alpha value is -2.18. The molecule has 0 spiro atoms. The molecule has 0 aliphatic rings. The van der Waals surface area contributed by atoms with Gasteiger partial charge in [0.25, 0.3) is 5.56 Å². The molecule has 0 aromatic carbocycles. The van der Waals surface area contributed by atoms with E-state index in [0.717, 1.165) is 0 Å². The van der Waals surface area contributed by atoms with Gasteiger partial charge in [-0.25, -0.2) is 9.97 Å². The average Bonchev–Trinajstić information content (AvgIpc) is 2.26. The van der Waals surface area contributed by atoms with Crippen LogP contribution in [0.3, 0.4) is 0 Å². The molecule has 0 aliphatic heterocycles. The summed E-state index contributed by atoms with van der Waals surface area (Å²) in [5.41, 5.74) is 5.53. The van der Waals surface area contributed by atoms with E-state index in [0.29, 0.717) is 0 Å². The van der Waals surface area contributed by atoms with Crippen molar-refractivity contribution in [2.75, 3.05) is 12.8 Å². The lowest BCUT2D eigenvalue weighted by atomic mass is 10.5. The van der Waals surface area contributed by atoms with E-state index < -0.39 is 0 Å². The zero-order chi connectivity index (χ0) is 11.0. The van der Waals surface area contributed by atoms with Gasteiger partial charge in [-0.3, -0.25) is 9.36 Å². The van der Waals surface area contributed by atoms with Gasteiger partial charge >= 0.3 is 0 Å². The maximum Gasteiger partial charge on any atom is 0.282 e. The molecule has 7 nitrogen and oxygen atoms in total. The predicted octanol–water partition coefficient (Wildman–Crippen LogP) is -0.686. The highest BCUT2D eigenvalue weighted by atomic mass is 16.5. The molecule has 0 fully saturated rings. The molecular weight excluding hydrogens is 198 g/mol. The molecule has 0 unspecified atom stereocenters. The smallest absolute Gasteiger partial charge is 0.282 e. The van der Waals surface area contributed by atoms with Crippen LogP contribution in [0.2, 0.25) is 0 Å². The maximum atomic E-state index is 11.7. The fourth-order valence-corrected chi connectivity index (χ4v) is 1.14. The summed E-state index contributed by atoms with van der Waals surface area (Å²) in [5, 5.41) is 0. The van der Waals surface area contributed by atoms with Crippen molar-refractivity contribution in [3.8, 4) is 5.88 Å². The first-order valence-electron chi connectivity index (χ1n) is 4.16. The minimum Gasteiger partial charge on any atom is -0.480 e. The Balaban J connectivity index is 2.88. The van der Waals surface area contributed by atoms with Gasteiger partial charge in [0.05, 0.1) is 13.3 Å². The SMILES string of the molecule is COc1cnc2nc(N)n(C)c(=O)c2n1. The quantitative estimate of drug-likeness (QED) is 0.665. The third-order valence-electron chi connectivity index (χ3n) is 2.01. The highest BCUT2D eigenvalue weighted by Gasteiger charge is 2.09. The van der Waals surface area contributed by atoms with Gasteiger partial charge in [0.15, 0.2) is 11.2 Å². The van der Waals surface area contributed by atoms with Gasteiger partial charge in [0, 0.05) is 7.05 Å². The van der Waals surface area contributed by atoms with Gasteiger partial charge in [-0.1, -0.05) is 0 Å². The molecule has 0 saturated heterocycles. The highest BCUT2D eigenvalue weighted by molar-refractivity contribution is 5.69. The normalized spacial score (nSPS) is 10.5. The largest absolute Gasteiger partial charge is 0.480 e. The molecule has 0 atom stereocenters. The summed E-state index contributed by atoms with van der Waals surface area (Å²) in [7, 11) is 2.97. The molecule has 2 rings (SSSR count). The topological polar surface area (TPSA) is 95.9 Å². The second-order valence-electron chi connectivity index (χ2n) is 2.92. The van der Waals surface area contributed by atoms with Gasteiger partial charge in [0.2, 0.25) is 11.8 Å². The minimum absolute atomic E-state index is 0.104. The van der Waals surface area contributed by atoms with Crippen molar-refractivity contribution in [3.63, 3.8) is 0 Å². The van der Waals surface area contributed by atoms with Crippen molar-refractivity contribution in [2.24, 2.45) is 7.05 Å². The van der Waals surface area contributed by atoms with Crippen LogP contribution in [-0.4, -0.2) is 26.6 Å². The lowest BCUT2D eigenvalue weighted by molar-refractivity contribution is 0.397. The number of anilines is 1. The van der Waals surface area contributed by atoms with E-state index in [-0.39, 0.29) is 28.6 Å². The van der Waals surface area contributed by atoms with E-state index in [1.54, 1.807) is 0 Å². The van der Waals surface area contributed by atoms with Crippen LogP contribution >= 0.6 is 0 Å². The Labute approximate surface area is 84.5 Å². The molecular formula is C8H9N5O2. The zero-order valence-electron chi connectivity index (χ0n) is 8.26. The molecule has 0 amide bonds. The Kier molecular flexibility index (Phi) is 2.00. The van der Waals surface area contributed by atoms with Crippen LogP contribution in [0.15, 0.2) is 11.0 Å². The summed E-state index contributed by atoms with van der Waals surface area (Å²) in [6.07, 6.45) is 1.38. The molecule has 2 aromatic rings. The number of ether oxygens (including phenoxy) is 1. The number of fused-ring (bicyclic) bond motifs is 1. The van der Waals surface area contributed by atoms with Crippen LogP contribution in [0, 0.1) is 0 Å². The molecule has 7 heteroatoms. The number of nitrogen functional groups attached to an aromatic ring is 1. The van der Waals surface area contributed by atoms with E-state index in [1.165, 1.54) is 24.9 Å². The molecule has 2 aromatic heterocycles. The van der Waals surface area contributed by atoms with Crippen LogP contribution in [0.5, 0.6) is 5.88 Å². The summed E-state index contributed by atoms with van der Waals surface area (Å²) in [6, 6.07) is 0. The second kappa shape index (κ2) is 3.19. The van der Waals surface area contributed by atoms with Crippen molar-refractivity contribution in [1.29, 1.82) is 0 Å². The first-order chi connectivity index (χ1) is 7.13. The summed E-state index contributed by atoms with van der Waals surface area (Å²) >= 11 is 0. The highest BCUT2D eigenvalue weighted by Crippen LogP contribution is 2.08. The summed E-state index contributed by atoms with van der Waals surface area (Å²) in [4.78, 5) is 23.5. The summed E-state index contributed by atoms with van der Waals surface area (Å²) in [5.74, 6) is 0.373. The Bertz CT molecular complexity index is 577. The van der Waals surface area contributed by atoms with Crippen LogP contribution in [0.1, 0.15) is 0 Å². The number of hydrogen-bond acceptors (Lipinski definition) is 6. The third kappa shape index (κ3) is 1.37. The lowest BCUT2D eigenvalue weighted by Gasteiger charge is -2.04. The zero-order valence-corrected chi connectivity index (χ0v) is 8.26. The average molecular weight is 207 g/mol. The first kappa shape index (κ1) is 9.38. The molecule has 2 N–H and O–H groups in total. The van der Waals surface area contributed by atoms with Gasteiger partial charge < -0.3 is 10.5 Å². The Morgan fingerprint density at radius 1 is 1.47 bits per heavy atom. The molecule has 0 aliphatic carbocycles. The maximum absolute atomic E-state index is 11.7. The van der Waals surface area contributed by atoms with Crippen LogP contribution < -0.4 is 16.0 Å². The van der Waals surface area contributed by atoms with E-state index in [1.807, 2.05) is 0 Å². The summed E-state index contributed by atoms with van der Waals surface area (Å²) < 4.78 is 6.07. The fraction of sp³-hybridized carbons (Fsp3) is 0.250. The fourth-order valence-electron chi connectivity index (χ4n) is 1.14. The predicted molar refractivity (Wildman–Crippen MR) is 53.5 cm³/mol. The number of nitrogens with two attached hydrogens (primary N) is 1. The second-order valence-corrected chi connectivity index (χ2v) is 2.92. The molecule has 0 bridgehead atoms. The Morgan fingerprint density at radius 3 is 2.87 bits per heavy atom. The monoisotopic (exact) mass is 207 g/mol. The molecule has 0 saturated carbocycles. The third-order valence-corrected chi connectivity index (χ3v) is 2.01. The molecule has 2 heterocycles. The molecule has 15 heavy (non-hydrogen) atoms. The van der Waals surface area contributed by atoms with Crippen LogP contribution in [-0.2, 0) is 7.05 Å². The van der Waals surface area contributed by atoms with Crippen molar-refractivity contribution < 1.29 is 4.74 Å². The van der Waals surface area contributed by atoms with Gasteiger partial charge in [-0.2, -0.15) is 4.98 Å². The van der Waals surface area contributed by atoms with Crippen molar-refractivity contribution >= 4 is 17.1 Å². The number of methoxy groups -OCH3 is 1. The number of rotatable bonds is 1. The number of nitrogens with zero attached hydrogens (tertiary/aromatic N) is 4. The minimum atomic E-state index is -0.344. The van der Waals surface area contributed by atoms with Gasteiger partial charge in [-0.15, -0.1) is 0 Å². The van der Waals surface area contributed by atoms with E-state index in [4.69, 9.17) is 10.5 Å². The molecule has 78 valence electrons. The Morgan fingerprint density at radius 2 is 2.20 bits per heavy atom.